The molecule has 0 aliphatic heterocycles. The van der Waals surface area contributed by atoms with Crippen LogP contribution in [0.4, 0.5) is 5.82 Å². The largest absolute Gasteiger partial charge is 0.383 e. The number of para-hydroxylation sites is 1. The third-order valence-corrected chi connectivity index (χ3v) is 3.99. The zero-order valence-electron chi connectivity index (χ0n) is 11.1. The lowest BCUT2D eigenvalue weighted by Gasteiger charge is -2.24. The third-order valence-electron chi connectivity index (χ3n) is 3.99. The van der Waals surface area contributed by atoms with Crippen molar-refractivity contribution < 1.29 is 4.74 Å². The maximum atomic E-state index is 5.97. The average molecular weight is 256 g/mol. The van der Waals surface area contributed by atoms with Crippen LogP contribution >= 0.6 is 0 Å². The van der Waals surface area contributed by atoms with Gasteiger partial charge in [-0.15, -0.1) is 0 Å². The van der Waals surface area contributed by atoms with Crippen LogP contribution in [-0.4, -0.2) is 11.6 Å². The highest BCUT2D eigenvalue weighted by Crippen LogP contribution is 2.29. The second kappa shape index (κ2) is 5.57. The van der Waals surface area contributed by atoms with E-state index in [-0.39, 0.29) is 0 Å². The lowest BCUT2D eigenvalue weighted by Crippen LogP contribution is -2.13. The quantitative estimate of drug-likeness (QED) is 0.833. The molecule has 0 atom stereocenters. The molecule has 1 heterocycles. The number of fused-ring (bicyclic) bond motifs is 1. The van der Waals surface area contributed by atoms with E-state index in [1.54, 1.807) is 0 Å². The minimum atomic E-state index is 0.566. The Morgan fingerprint density at radius 3 is 2.89 bits per heavy atom. The van der Waals surface area contributed by atoms with Gasteiger partial charge in [0.25, 0.3) is 0 Å². The second-order valence-electron chi connectivity index (χ2n) is 5.36. The van der Waals surface area contributed by atoms with Crippen LogP contribution in [0, 0.1) is 5.92 Å². The van der Waals surface area contributed by atoms with Gasteiger partial charge in [-0.1, -0.05) is 37.5 Å². The van der Waals surface area contributed by atoms with Gasteiger partial charge < -0.3 is 10.5 Å². The van der Waals surface area contributed by atoms with Gasteiger partial charge in [0.05, 0.1) is 12.1 Å². The van der Waals surface area contributed by atoms with Gasteiger partial charge in [0.2, 0.25) is 0 Å². The lowest BCUT2D eigenvalue weighted by atomic mass is 9.83. The van der Waals surface area contributed by atoms with Crippen molar-refractivity contribution in [3.05, 3.63) is 35.9 Å². The van der Waals surface area contributed by atoms with Gasteiger partial charge >= 0.3 is 0 Å². The van der Waals surface area contributed by atoms with Crippen LogP contribution in [-0.2, 0) is 11.3 Å². The highest BCUT2D eigenvalue weighted by molar-refractivity contribution is 5.81. The Bertz CT molecular complexity index is 564. The maximum Gasteiger partial charge on any atom is 0.129 e. The number of nitrogen functional groups attached to an aromatic ring is 1. The van der Waals surface area contributed by atoms with Crippen LogP contribution in [0.3, 0.4) is 0 Å². The molecule has 1 aliphatic carbocycles. The monoisotopic (exact) mass is 256 g/mol. The Morgan fingerprint density at radius 1 is 1.26 bits per heavy atom. The van der Waals surface area contributed by atoms with E-state index in [4.69, 9.17) is 10.5 Å². The number of nitrogens with zero attached hydrogens (tertiary/aromatic N) is 1. The molecular weight excluding hydrogens is 236 g/mol. The summed E-state index contributed by atoms with van der Waals surface area (Å²) in [5.74, 6) is 1.48. The van der Waals surface area contributed by atoms with Gasteiger partial charge in [0, 0.05) is 17.6 Å². The molecule has 3 heteroatoms. The lowest BCUT2D eigenvalue weighted by molar-refractivity contribution is 0.0953. The highest BCUT2D eigenvalue weighted by Gasteiger charge is 2.16. The third kappa shape index (κ3) is 2.87. The summed E-state index contributed by atoms with van der Waals surface area (Å²) in [5.41, 5.74) is 7.91. The fourth-order valence-corrected chi connectivity index (χ4v) is 2.50. The molecule has 1 aliphatic rings. The van der Waals surface area contributed by atoms with Crippen LogP contribution in [0.15, 0.2) is 30.3 Å². The summed E-state index contributed by atoms with van der Waals surface area (Å²) >= 11 is 0. The van der Waals surface area contributed by atoms with Gasteiger partial charge in [-0.2, -0.15) is 0 Å². The van der Waals surface area contributed by atoms with E-state index in [2.05, 4.69) is 17.1 Å². The number of rotatable bonds is 5. The van der Waals surface area contributed by atoms with Crippen molar-refractivity contribution in [2.45, 2.75) is 32.3 Å². The molecule has 1 aromatic carbocycles. The Morgan fingerprint density at radius 2 is 2.11 bits per heavy atom. The van der Waals surface area contributed by atoms with Crippen molar-refractivity contribution in [2.24, 2.45) is 5.92 Å². The standard InChI is InChI=1S/C16H20N2O/c17-16-14(11-19-9-8-12-4-3-5-12)10-13-6-1-2-7-15(13)18-16/h1-2,6-7,10,12H,3-5,8-9,11H2,(H2,17,18). The highest BCUT2D eigenvalue weighted by atomic mass is 16.5. The first-order valence-electron chi connectivity index (χ1n) is 7.05. The van der Waals surface area contributed by atoms with E-state index in [9.17, 15) is 0 Å². The van der Waals surface area contributed by atoms with Gasteiger partial charge in [0.15, 0.2) is 0 Å². The number of pyridine rings is 1. The second-order valence-corrected chi connectivity index (χ2v) is 5.36. The molecule has 0 saturated heterocycles. The predicted molar refractivity (Wildman–Crippen MR) is 77.8 cm³/mol. The number of anilines is 1. The smallest absolute Gasteiger partial charge is 0.129 e. The van der Waals surface area contributed by atoms with Crippen LogP contribution in [0.25, 0.3) is 10.9 Å². The summed E-state index contributed by atoms with van der Waals surface area (Å²) in [6.07, 6.45) is 5.33. The fraction of sp³-hybridized carbons (Fsp3) is 0.438. The van der Waals surface area contributed by atoms with E-state index in [0.29, 0.717) is 12.4 Å². The van der Waals surface area contributed by atoms with E-state index >= 15 is 0 Å². The first-order valence-corrected chi connectivity index (χ1v) is 7.05. The van der Waals surface area contributed by atoms with Crippen molar-refractivity contribution >= 4 is 16.7 Å². The Labute approximate surface area is 113 Å². The first kappa shape index (κ1) is 12.4. The van der Waals surface area contributed by atoms with Crippen LogP contribution in [0.5, 0.6) is 0 Å². The van der Waals surface area contributed by atoms with Gasteiger partial charge in [0.1, 0.15) is 5.82 Å². The summed E-state index contributed by atoms with van der Waals surface area (Å²) in [6, 6.07) is 10.1. The first-order chi connectivity index (χ1) is 9.33. The predicted octanol–water partition coefficient (Wildman–Crippen LogP) is 3.52. The molecule has 0 bridgehead atoms. The summed E-state index contributed by atoms with van der Waals surface area (Å²) in [5, 5.41) is 1.12. The number of nitrogens with two attached hydrogens (primary N) is 1. The van der Waals surface area contributed by atoms with Crippen molar-refractivity contribution in [1.29, 1.82) is 0 Å². The molecule has 3 nitrogen and oxygen atoms in total. The summed E-state index contributed by atoms with van der Waals surface area (Å²) < 4.78 is 5.74. The molecule has 100 valence electrons. The van der Waals surface area contributed by atoms with Crippen LogP contribution in [0.1, 0.15) is 31.2 Å². The zero-order valence-corrected chi connectivity index (χ0v) is 11.1. The molecular formula is C16H20N2O. The number of benzene rings is 1. The molecule has 1 fully saturated rings. The number of hydrogen-bond donors (Lipinski definition) is 1. The molecule has 0 amide bonds. The van der Waals surface area contributed by atoms with Gasteiger partial charge in [-0.05, 0) is 24.5 Å². The van der Waals surface area contributed by atoms with Crippen molar-refractivity contribution in [3.8, 4) is 0 Å². The minimum absolute atomic E-state index is 0.566. The normalized spacial score (nSPS) is 15.6. The molecule has 0 spiro atoms. The molecule has 3 rings (SSSR count). The summed E-state index contributed by atoms with van der Waals surface area (Å²) in [6.45, 7) is 1.40. The van der Waals surface area contributed by atoms with Crippen molar-refractivity contribution in [1.82, 2.24) is 4.98 Å². The van der Waals surface area contributed by atoms with Gasteiger partial charge in [-0.25, -0.2) is 4.98 Å². The zero-order chi connectivity index (χ0) is 13.1. The Hall–Kier alpha value is -1.61. The Kier molecular flexibility index (Phi) is 3.65. The molecule has 19 heavy (non-hydrogen) atoms. The average Bonchev–Trinajstić information content (AvgIpc) is 2.36. The van der Waals surface area contributed by atoms with Gasteiger partial charge in [-0.3, -0.25) is 0 Å². The van der Waals surface area contributed by atoms with E-state index in [0.717, 1.165) is 29.0 Å². The van der Waals surface area contributed by atoms with Crippen molar-refractivity contribution in [3.63, 3.8) is 0 Å². The number of ether oxygens (including phenoxy) is 1. The Balaban J connectivity index is 1.61. The molecule has 0 unspecified atom stereocenters. The topological polar surface area (TPSA) is 48.1 Å². The summed E-state index contributed by atoms with van der Waals surface area (Å²) in [4.78, 5) is 4.41. The SMILES string of the molecule is Nc1nc2ccccc2cc1COCCC1CCC1. The van der Waals surface area contributed by atoms with Crippen LogP contribution in [0.2, 0.25) is 0 Å². The van der Waals surface area contributed by atoms with E-state index < -0.39 is 0 Å². The van der Waals surface area contributed by atoms with Crippen molar-refractivity contribution in [2.75, 3.05) is 12.3 Å². The van der Waals surface area contributed by atoms with E-state index in [1.807, 2.05) is 18.2 Å². The molecule has 1 aromatic heterocycles. The number of hydrogen-bond acceptors (Lipinski definition) is 3. The summed E-state index contributed by atoms with van der Waals surface area (Å²) in [7, 11) is 0. The minimum Gasteiger partial charge on any atom is -0.383 e. The number of aromatic nitrogens is 1. The van der Waals surface area contributed by atoms with Crippen LogP contribution < -0.4 is 5.73 Å². The van der Waals surface area contributed by atoms with E-state index in [1.165, 1.54) is 25.7 Å². The molecule has 1 saturated carbocycles. The maximum absolute atomic E-state index is 5.97. The molecule has 0 radical (unpaired) electrons. The molecule has 2 N–H and O–H groups in total. The fourth-order valence-electron chi connectivity index (χ4n) is 2.50. The molecule has 2 aromatic rings.